The summed E-state index contributed by atoms with van der Waals surface area (Å²) in [4.78, 5) is 2.65. The number of aliphatic hydroxyl groups excluding tert-OH is 1. The second-order valence-electron chi connectivity index (χ2n) is 6.37. The minimum Gasteiger partial charge on any atom is -0.391 e. The summed E-state index contributed by atoms with van der Waals surface area (Å²) in [5, 5.41) is 10.7. The van der Waals surface area contributed by atoms with Crippen LogP contribution in [0.25, 0.3) is 0 Å². The molecule has 2 aliphatic rings. The van der Waals surface area contributed by atoms with Crippen molar-refractivity contribution in [2.45, 2.75) is 89.2 Å². The number of hydrogen-bond acceptors (Lipinski definition) is 2. The molecular formula is C16H31NO. The maximum absolute atomic E-state index is 10.7. The molecule has 0 bridgehead atoms. The summed E-state index contributed by atoms with van der Waals surface area (Å²) in [5.74, 6) is 0. The van der Waals surface area contributed by atoms with E-state index in [0.29, 0.717) is 0 Å². The summed E-state index contributed by atoms with van der Waals surface area (Å²) in [7, 11) is 0. The number of aliphatic hydroxyl groups is 1. The first-order chi connectivity index (χ1) is 8.79. The van der Waals surface area contributed by atoms with Gasteiger partial charge in [0.1, 0.15) is 0 Å². The molecule has 18 heavy (non-hydrogen) atoms. The normalized spacial score (nSPS) is 26.3. The molecule has 1 heterocycles. The second kappa shape index (κ2) is 6.91. The van der Waals surface area contributed by atoms with E-state index in [1.54, 1.807) is 0 Å². The topological polar surface area (TPSA) is 23.5 Å². The van der Waals surface area contributed by atoms with Gasteiger partial charge in [-0.25, -0.2) is 0 Å². The summed E-state index contributed by atoms with van der Waals surface area (Å²) < 4.78 is 0. The minimum atomic E-state index is -0.0790. The average molecular weight is 253 g/mol. The Morgan fingerprint density at radius 2 is 1.67 bits per heavy atom. The number of unbranched alkanes of at least 4 members (excludes halogenated alkanes) is 2. The van der Waals surface area contributed by atoms with Crippen molar-refractivity contribution < 1.29 is 5.11 Å². The number of hydrogen-bond donors (Lipinski definition) is 1. The smallest absolute Gasteiger partial charge is 0.0723 e. The molecule has 0 radical (unpaired) electrons. The number of rotatable bonds is 6. The molecule has 1 N–H and O–H groups in total. The number of likely N-dealkylation sites (tertiary alicyclic amines) is 1. The summed E-state index contributed by atoms with van der Waals surface area (Å²) in [6.07, 6.45) is 13.8. The highest BCUT2D eigenvalue weighted by Crippen LogP contribution is 2.41. The van der Waals surface area contributed by atoms with Crippen molar-refractivity contribution in [3.8, 4) is 0 Å². The van der Waals surface area contributed by atoms with E-state index in [1.165, 1.54) is 77.3 Å². The van der Waals surface area contributed by atoms with Crippen LogP contribution in [0.2, 0.25) is 0 Å². The Morgan fingerprint density at radius 1 is 1.00 bits per heavy atom. The zero-order valence-electron chi connectivity index (χ0n) is 12.2. The van der Waals surface area contributed by atoms with Gasteiger partial charge in [0.15, 0.2) is 0 Å². The van der Waals surface area contributed by atoms with Gasteiger partial charge in [0.05, 0.1) is 6.10 Å². The summed E-state index contributed by atoms with van der Waals surface area (Å²) in [5.41, 5.74) is 0.161. The molecule has 0 spiro atoms. The maximum Gasteiger partial charge on any atom is 0.0723 e. The molecule has 0 aromatic rings. The zero-order valence-corrected chi connectivity index (χ0v) is 12.2. The van der Waals surface area contributed by atoms with Crippen LogP contribution in [-0.4, -0.2) is 34.7 Å². The largest absolute Gasteiger partial charge is 0.391 e. The van der Waals surface area contributed by atoms with Gasteiger partial charge in [0, 0.05) is 5.54 Å². The second-order valence-corrected chi connectivity index (χ2v) is 6.37. The fourth-order valence-corrected chi connectivity index (χ4v) is 4.04. The van der Waals surface area contributed by atoms with Crippen molar-refractivity contribution in [3.63, 3.8) is 0 Å². The van der Waals surface area contributed by atoms with Gasteiger partial charge >= 0.3 is 0 Å². The van der Waals surface area contributed by atoms with Gasteiger partial charge in [0.25, 0.3) is 0 Å². The third-order valence-electron chi connectivity index (χ3n) is 5.16. The standard InChI is InChI=1S/C16H31NO/c1-2-3-5-10-15(18)16(11-6-7-12-16)17-13-8-4-9-14-17/h15,18H,2-14H2,1H3. The molecular weight excluding hydrogens is 222 g/mol. The Kier molecular flexibility index (Phi) is 5.50. The van der Waals surface area contributed by atoms with Crippen LogP contribution < -0.4 is 0 Å². The van der Waals surface area contributed by atoms with Crippen LogP contribution in [0.15, 0.2) is 0 Å². The SMILES string of the molecule is CCCCCC(O)C1(N2CCCCC2)CCCC1. The third kappa shape index (κ3) is 3.08. The van der Waals surface area contributed by atoms with Gasteiger partial charge in [-0.05, 0) is 45.2 Å². The van der Waals surface area contributed by atoms with E-state index < -0.39 is 0 Å². The zero-order chi connectivity index (χ0) is 12.8. The van der Waals surface area contributed by atoms with Crippen LogP contribution in [-0.2, 0) is 0 Å². The van der Waals surface area contributed by atoms with Crippen molar-refractivity contribution >= 4 is 0 Å². The van der Waals surface area contributed by atoms with Crippen LogP contribution in [0.1, 0.15) is 77.6 Å². The fourth-order valence-electron chi connectivity index (χ4n) is 4.04. The van der Waals surface area contributed by atoms with Crippen molar-refractivity contribution in [1.82, 2.24) is 4.90 Å². The fraction of sp³-hybridized carbons (Fsp3) is 1.00. The predicted octanol–water partition coefficient (Wildman–Crippen LogP) is 3.73. The summed E-state index contributed by atoms with van der Waals surface area (Å²) in [6, 6.07) is 0. The quantitative estimate of drug-likeness (QED) is 0.729. The molecule has 2 nitrogen and oxygen atoms in total. The Balaban J connectivity index is 1.96. The molecule has 1 unspecified atom stereocenters. The molecule has 2 heteroatoms. The predicted molar refractivity (Wildman–Crippen MR) is 76.8 cm³/mol. The summed E-state index contributed by atoms with van der Waals surface area (Å²) >= 11 is 0. The van der Waals surface area contributed by atoms with Crippen molar-refractivity contribution in [2.24, 2.45) is 0 Å². The number of nitrogens with zero attached hydrogens (tertiary/aromatic N) is 1. The Bertz CT molecular complexity index is 229. The lowest BCUT2D eigenvalue weighted by Gasteiger charge is -2.46. The lowest BCUT2D eigenvalue weighted by molar-refractivity contribution is -0.0430. The molecule has 0 aromatic heterocycles. The highest BCUT2D eigenvalue weighted by Gasteiger charge is 2.44. The average Bonchev–Trinajstić information content (AvgIpc) is 2.90. The van der Waals surface area contributed by atoms with Crippen molar-refractivity contribution in [1.29, 1.82) is 0 Å². The lowest BCUT2D eigenvalue weighted by Crippen LogP contribution is -2.56. The van der Waals surface area contributed by atoms with Gasteiger partial charge in [-0.3, -0.25) is 4.90 Å². The Labute approximate surface area is 113 Å². The molecule has 1 atom stereocenters. The molecule has 1 aliphatic carbocycles. The van der Waals surface area contributed by atoms with Crippen molar-refractivity contribution in [3.05, 3.63) is 0 Å². The van der Waals surface area contributed by atoms with Gasteiger partial charge < -0.3 is 5.11 Å². The van der Waals surface area contributed by atoms with Crippen LogP contribution in [0.3, 0.4) is 0 Å². The maximum atomic E-state index is 10.7. The van der Waals surface area contributed by atoms with E-state index in [2.05, 4.69) is 11.8 Å². The van der Waals surface area contributed by atoms with E-state index in [0.717, 1.165) is 6.42 Å². The molecule has 106 valence electrons. The van der Waals surface area contributed by atoms with E-state index in [9.17, 15) is 5.11 Å². The van der Waals surface area contributed by atoms with E-state index >= 15 is 0 Å². The van der Waals surface area contributed by atoms with Gasteiger partial charge in [-0.1, -0.05) is 45.4 Å². The highest BCUT2D eigenvalue weighted by molar-refractivity contribution is 5.01. The molecule has 2 fully saturated rings. The number of piperidine rings is 1. The first-order valence-corrected chi connectivity index (χ1v) is 8.23. The Hall–Kier alpha value is -0.0800. The van der Waals surface area contributed by atoms with Crippen molar-refractivity contribution in [2.75, 3.05) is 13.1 Å². The monoisotopic (exact) mass is 253 g/mol. The molecule has 1 saturated heterocycles. The molecule has 0 aromatic carbocycles. The lowest BCUT2D eigenvalue weighted by atomic mass is 9.84. The van der Waals surface area contributed by atoms with Crippen LogP contribution >= 0.6 is 0 Å². The van der Waals surface area contributed by atoms with E-state index in [-0.39, 0.29) is 11.6 Å². The first kappa shape index (κ1) is 14.3. The molecule has 1 aliphatic heterocycles. The third-order valence-corrected chi connectivity index (χ3v) is 5.16. The highest BCUT2D eigenvalue weighted by atomic mass is 16.3. The van der Waals surface area contributed by atoms with Crippen LogP contribution in [0.5, 0.6) is 0 Å². The van der Waals surface area contributed by atoms with E-state index in [4.69, 9.17) is 0 Å². The molecule has 0 amide bonds. The van der Waals surface area contributed by atoms with Crippen LogP contribution in [0, 0.1) is 0 Å². The van der Waals surface area contributed by atoms with Gasteiger partial charge in [-0.15, -0.1) is 0 Å². The first-order valence-electron chi connectivity index (χ1n) is 8.23. The molecule has 2 rings (SSSR count). The minimum absolute atomic E-state index is 0.0790. The van der Waals surface area contributed by atoms with Gasteiger partial charge in [-0.2, -0.15) is 0 Å². The summed E-state index contributed by atoms with van der Waals surface area (Å²) in [6.45, 7) is 4.69. The Morgan fingerprint density at radius 3 is 2.28 bits per heavy atom. The van der Waals surface area contributed by atoms with E-state index in [1.807, 2.05) is 0 Å². The van der Waals surface area contributed by atoms with Crippen LogP contribution in [0.4, 0.5) is 0 Å². The molecule has 1 saturated carbocycles. The van der Waals surface area contributed by atoms with Gasteiger partial charge in [0.2, 0.25) is 0 Å².